The molecular formula is C21H28AlN7. The Morgan fingerprint density at radius 2 is 1.62 bits per heavy atom. The van der Waals surface area contributed by atoms with Crippen molar-refractivity contribution in [2.45, 2.75) is 57.5 Å². The maximum absolute atomic E-state index is 4.61. The van der Waals surface area contributed by atoms with Crippen molar-refractivity contribution >= 4 is 16.5 Å². The maximum Gasteiger partial charge on any atom is 0.324 e. The lowest BCUT2D eigenvalue weighted by Gasteiger charge is -2.53. The maximum atomic E-state index is 4.61. The molecular weight excluding hydrogens is 377 g/mol. The molecule has 29 heavy (non-hydrogen) atoms. The van der Waals surface area contributed by atoms with Crippen LogP contribution in [0.1, 0.15) is 43.5 Å². The molecule has 0 aromatic carbocycles. The molecule has 1 aliphatic carbocycles. The molecule has 0 spiro atoms. The van der Waals surface area contributed by atoms with Crippen molar-refractivity contribution in [2.24, 2.45) is 0 Å². The van der Waals surface area contributed by atoms with Gasteiger partial charge in [-0.1, -0.05) is 31.4 Å². The molecule has 0 unspecified atom stereocenters. The summed E-state index contributed by atoms with van der Waals surface area (Å²) in [5, 5.41) is 4.39. The number of hydrogen-bond acceptors (Lipinski definition) is 6. The molecule has 0 saturated heterocycles. The van der Waals surface area contributed by atoms with Gasteiger partial charge in [-0.25, -0.2) is 9.67 Å². The van der Waals surface area contributed by atoms with Gasteiger partial charge in [0.05, 0.1) is 23.7 Å². The molecule has 0 bridgehead atoms. The lowest BCUT2D eigenvalue weighted by atomic mass is 9.87. The minimum Gasteiger partial charge on any atom is -0.369 e. The normalized spacial score (nSPS) is 16.3. The molecule has 0 N–H and O–H groups in total. The minimum absolute atomic E-state index is 0.00847. The van der Waals surface area contributed by atoms with Crippen LogP contribution in [0.4, 0.5) is 0 Å². The van der Waals surface area contributed by atoms with E-state index in [1.807, 2.05) is 29.2 Å². The first-order valence-electron chi connectivity index (χ1n) is 10.3. The van der Waals surface area contributed by atoms with Crippen LogP contribution < -0.4 is 0 Å². The Bertz CT molecular complexity index is 851. The second-order valence-electron chi connectivity index (χ2n) is 7.82. The third kappa shape index (κ3) is 4.91. The van der Waals surface area contributed by atoms with Crippen molar-refractivity contribution in [3.05, 3.63) is 72.8 Å². The van der Waals surface area contributed by atoms with Gasteiger partial charge >= 0.3 is 16.5 Å². The monoisotopic (exact) mass is 405 g/mol. The summed E-state index contributed by atoms with van der Waals surface area (Å²) in [4.78, 5) is 15.9. The Morgan fingerprint density at radius 3 is 2.21 bits per heavy atom. The first kappa shape index (κ1) is 20.2. The van der Waals surface area contributed by atoms with Gasteiger partial charge in [0.2, 0.25) is 0 Å². The van der Waals surface area contributed by atoms with E-state index in [-0.39, 0.29) is 5.66 Å². The quantitative estimate of drug-likeness (QED) is 0.423. The van der Waals surface area contributed by atoms with Gasteiger partial charge in [0.1, 0.15) is 12.7 Å². The fraction of sp³-hybridized carbons (Fsp3) is 0.429. The fourth-order valence-corrected chi connectivity index (χ4v) is 5.49. The van der Waals surface area contributed by atoms with Gasteiger partial charge in [-0.2, -0.15) is 5.10 Å². The predicted molar refractivity (Wildman–Crippen MR) is 114 cm³/mol. The molecule has 1 aliphatic rings. The molecule has 1 saturated carbocycles. The zero-order valence-corrected chi connectivity index (χ0v) is 19.1. The number of pyridine rings is 2. The van der Waals surface area contributed by atoms with Gasteiger partial charge in [0.25, 0.3) is 0 Å². The van der Waals surface area contributed by atoms with Crippen LogP contribution in [-0.4, -0.2) is 55.7 Å². The summed E-state index contributed by atoms with van der Waals surface area (Å²) >= 11 is 0.963. The average molecular weight is 405 g/mol. The van der Waals surface area contributed by atoms with E-state index in [9.17, 15) is 0 Å². The molecule has 1 fully saturated rings. The van der Waals surface area contributed by atoms with Crippen LogP contribution in [0.2, 0.25) is 0 Å². The summed E-state index contributed by atoms with van der Waals surface area (Å²) in [7, 11) is 0. The van der Waals surface area contributed by atoms with Crippen LogP contribution in [-0.2, 0) is 19.8 Å². The molecule has 0 aliphatic heterocycles. The molecule has 8 heteroatoms. The van der Waals surface area contributed by atoms with Crippen molar-refractivity contribution in [1.82, 2.24) is 33.5 Å². The van der Waals surface area contributed by atoms with Crippen LogP contribution >= 0.6 is 0 Å². The molecule has 3 aromatic rings. The van der Waals surface area contributed by atoms with E-state index in [0.29, 0.717) is 6.67 Å². The third-order valence-corrected chi connectivity index (χ3v) is 7.09. The zero-order chi connectivity index (χ0) is 19.9. The number of nitrogens with zero attached hydrogens (tertiary/aromatic N) is 7. The highest BCUT2D eigenvalue weighted by Crippen LogP contribution is 2.37. The van der Waals surface area contributed by atoms with E-state index in [0.717, 1.165) is 53.8 Å². The summed E-state index contributed by atoms with van der Waals surface area (Å²) in [6.07, 6.45) is 13.3. The van der Waals surface area contributed by atoms with E-state index < -0.39 is 0 Å². The summed E-state index contributed by atoms with van der Waals surface area (Å²) in [6.45, 7) is 2.38. The van der Waals surface area contributed by atoms with Crippen LogP contribution in [0.3, 0.4) is 0 Å². The van der Waals surface area contributed by atoms with Crippen molar-refractivity contribution in [2.75, 3.05) is 0 Å². The third-order valence-electron chi connectivity index (χ3n) is 5.94. The van der Waals surface area contributed by atoms with Gasteiger partial charge in [0.15, 0.2) is 0 Å². The SMILES string of the molecule is [AlH2][N](Cc1ccccn1)C1(N(Cc2ccccn2)Cn2cncn2)CCCCC1. The van der Waals surface area contributed by atoms with E-state index in [1.165, 1.54) is 19.3 Å². The smallest absolute Gasteiger partial charge is 0.324 e. The summed E-state index contributed by atoms with van der Waals surface area (Å²) in [5.74, 6) is 0. The highest BCUT2D eigenvalue weighted by Gasteiger charge is 2.41. The van der Waals surface area contributed by atoms with Crippen molar-refractivity contribution in [3.63, 3.8) is 0 Å². The van der Waals surface area contributed by atoms with E-state index in [2.05, 4.69) is 53.1 Å². The molecule has 0 radical (unpaired) electrons. The Hall–Kier alpha value is -2.11. The van der Waals surface area contributed by atoms with Gasteiger partial charge < -0.3 is 3.88 Å². The Balaban J connectivity index is 1.65. The summed E-state index contributed by atoms with van der Waals surface area (Å²) < 4.78 is 4.55. The lowest BCUT2D eigenvalue weighted by Crippen LogP contribution is -2.60. The van der Waals surface area contributed by atoms with Gasteiger partial charge in [-0.05, 0) is 37.1 Å². The number of aromatic nitrogens is 5. The largest absolute Gasteiger partial charge is 0.369 e. The Kier molecular flexibility index (Phi) is 6.68. The van der Waals surface area contributed by atoms with Crippen LogP contribution in [0.25, 0.3) is 0 Å². The van der Waals surface area contributed by atoms with Crippen LogP contribution in [0, 0.1) is 0 Å². The summed E-state index contributed by atoms with van der Waals surface area (Å²) in [5.41, 5.74) is 2.21. The first-order valence-corrected chi connectivity index (χ1v) is 11.2. The lowest BCUT2D eigenvalue weighted by molar-refractivity contribution is -0.0714. The van der Waals surface area contributed by atoms with E-state index in [4.69, 9.17) is 0 Å². The zero-order valence-electron chi connectivity index (χ0n) is 17.1. The van der Waals surface area contributed by atoms with E-state index in [1.54, 1.807) is 12.7 Å². The Morgan fingerprint density at radius 1 is 0.931 bits per heavy atom. The highest BCUT2D eigenvalue weighted by molar-refractivity contribution is 6.04. The summed E-state index contributed by atoms with van der Waals surface area (Å²) in [6, 6.07) is 12.3. The molecule has 150 valence electrons. The molecule has 3 heterocycles. The molecule has 0 atom stereocenters. The van der Waals surface area contributed by atoms with Gasteiger partial charge in [-0.3, -0.25) is 14.9 Å². The van der Waals surface area contributed by atoms with Gasteiger partial charge in [0, 0.05) is 25.5 Å². The van der Waals surface area contributed by atoms with Crippen LogP contribution in [0.15, 0.2) is 61.4 Å². The second-order valence-corrected chi connectivity index (χ2v) is 8.90. The van der Waals surface area contributed by atoms with Crippen molar-refractivity contribution in [3.8, 4) is 0 Å². The standard InChI is InChI=1S/C21H26N7.Al.2H/c1-4-10-21(11-5-1,25-14-19-8-2-6-12-23-19)27(18-28-17-22-16-26-28)15-20-9-3-7-13-24-20;;;/h2-3,6-9,12-13,16-17H,1,4-5,10-11,14-15,18H2;;;/q-1;+1;;. The molecule has 3 aromatic heterocycles. The molecule has 0 amide bonds. The molecule has 4 rings (SSSR count). The second kappa shape index (κ2) is 9.59. The topological polar surface area (TPSA) is 63.0 Å². The number of hydrogen-bond donors (Lipinski definition) is 0. The first-order chi connectivity index (χ1) is 14.3. The van der Waals surface area contributed by atoms with Gasteiger partial charge in [-0.15, -0.1) is 0 Å². The number of rotatable bonds is 8. The highest BCUT2D eigenvalue weighted by atomic mass is 27.1. The minimum atomic E-state index is -0.00847. The fourth-order valence-electron chi connectivity index (χ4n) is 4.44. The van der Waals surface area contributed by atoms with Crippen molar-refractivity contribution in [1.29, 1.82) is 0 Å². The van der Waals surface area contributed by atoms with E-state index >= 15 is 0 Å². The van der Waals surface area contributed by atoms with Crippen molar-refractivity contribution < 1.29 is 0 Å². The predicted octanol–water partition coefficient (Wildman–Crippen LogP) is 2.24. The molecule has 7 nitrogen and oxygen atoms in total. The average Bonchev–Trinajstić information content (AvgIpc) is 3.28. The Labute approximate surface area is 180 Å². The van der Waals surface area contributed by atoms with Crippen LogP contribution in [0.5, 0.6) is 0 Å².